The molecule has 0 spiro atoms. The van der Waals surface area contributed by atoms with Gasteiger partial charge in [0.15, 0.2) is 0 Å². The van der Waals surface area contributed by atoms with Gasteiger partial charge >= 0.3 is 0 Å². The van der Waals surface area contributed by atoms with Crippen molar-refractivity contribution >= 4 is 5.69 Å². The van der Waals surface area contributed by atoms with E-state index in [9.17, 15) is 0 Å². The van der Waals surface area contributed by atoms with Gasteiger partial charge in [0.2, 0.25) is 0 Å². The normalized spacial score (nSPS) is 9.94. The van der Waals surface area contributed by atoms with Crippen LogP contribution in [0.4, 0.5) is 5.69 Å². The second-order valence-electron chi connectivity index (χ2n) is 4.39. The highest BCUT2D eigenvalue weighted by Crippen LogP contribution is 2.17. The number of hydrogen-bond acceptors (Lipinski definition) is 1. The topological polar surface area (TPSA) is 3.24 Å². The van der Waals surface area contributed by atoms with Gasteiger partial charge in [0, 0.05) is 24.3 Å². The van der Waals surface area contributed by atoms with E-state index < -0.39 is 0 Å². The van der Waals surface area contributed by atoms with Gasteiger partial charge in [0.05, 0.1) is 0 Å². The highest BCUT2D eigenvalue weighted by Gasteiger charge is 2.05. The summed E-state index contributed by atoms with van der Waals surface area (Å²) in [5.74, 6) is 2.71. The van der Waals surface area contributed by atoms with E-state index in [1.165, 1.54) is 31.4 Å². The summed E-state index contributed by atoms with van der Waals surface area (Å²) < 4.78 is 0. The Bertz CT molecular complexity index is 354. The van der Waals surface area contributed by atoms with E-state index in [4.69, 9.17) is 6.42 Å². The molecule has 0 aliphatic carbocycles. The van der Waals surface area contributed by atoms with Crippen LogP contribution < -0.4 is 4.90 Å². The zero-order valence-electron chi connectivity index (χ0n) is 11.1. The van der Waals surface area contributed by atoms with Gasteiger partial charge < -0.3 is 4.90 Å². The molecule has 0 heterocycles. The summed E-state index contributed by atoms with van der Waals surface area (Å²) >= 11 is 0. The summed E-state index contributed by atoms with van der Waals surface area (Å²) in [6.07, 6.45) is 10.4. The van der Waals surface area contributed by atoms with Crippen LogP contribution in [-0.4, -0.2) is 13.1 Å². The first-order chi connectivity index (χ1) is 8.31. The van der Waals surface area contributed by atoms with Crippen molar-refractivity contribution in [3.05, 3.63) is 29.8 Å². The monoisotopic (exact) mass is 229 g/mol. The van der Waals surface area contributed by atoms with E-state index in [1.807, 2.05) is 6.07 Å². The van der Waals surface area contributed by atoms with Crippen molar-refractivity contribution in [2.24, 2.45) is 0 Å². The second kappa shape index (κ2) is 7.79. The predicted octanol–water partition coefficient (Wildman–Crippen LogP) is 4.07. The molecular weight excluding hydrogens is 206 g/mol. The van der Waals surface area contributed by atoms with Crippen molar-refractivity contribution in [1.82, 2.24) is 0 Å². The number of hydrogen-bond donors (Lipinski definition) is 0. The lowest BCUT2D eigenvalue weighted by molar-refractivity contribution is 0.678. The van der Waals surface area contributed by atoms with E-state index in [2.05, 4.69) is 42.9 Å². The lowest BCUT2D eigenvalue weighted by Crippen LogP contribution is -2.25. The van der Waals surface area contributed by atoms with Crippen LogP contribution in [0.15, 0.2) is 24.3 Å². The summed E-state index contributed by atoms with van der Waals surface area (Å²) in [6, 6.07) is 8.31. The van der Waals surface area contributed by atoms with Crippen molar-refractivity contribution in [2.45, 2.75) is 39.5 Å². The SMILES string of the molecule is C#Cc1cccc(N(CCCC)CCCC)c1. The average molecular weight is 229 g/mol. The van der Waals surface area contributed by atoms with Crippen LogP contribution in [-0.2, 0) is 0 Å². The molecule has 0 saturated heterocycles. The molecule has 0 aliphatic heterocycles. The van der Waals surface area contributed by atoms with Crippen LogP contribution in [0.3, 0.4) is 0 Å². The first kappa shape index (κ1) is 13.6. The summed E-state index contributed by atoms with van der Waals surface area (Å²) in [6.45, 7) is 6.72. The first-order valence-corrected chi connectivity index (χ1v) is 6.63. The zero-order chi connectivity index (χ0) is 12.5. The molecule has 1 aromatic rings. The Labute approximate surface area is 106 Å². The van der Waals surface area contributed by atoms with Crippen LogP contribution in [0.25, 0.3) is 0 Å². The maximum Gasteiger partial charge on any atom is 0.0378 e. The first-order valence-electron chi connectivity index (χ1n) is 6.63. The van der Waals surface area contributed by atoms with Gasteiger partial charge in [-0.25, -0.2) is 0 Å². The largest absolute Gasteiger partial charge is 0.372 e. The van der Waals surface area contributed by atoms with Crippen LogP contribution in [0.2, 0.25) is 0 Å². The summed E-state index contributed by atoms with van der Waals surface area (Å²) in [5.41, 5.74) is 2.24. The van der Waals surface area contributed by atoms with E-state index in [0.717, 1.165) is 18.7 Å². The van der Waals surface area contributed by atoms with Gasteiger partial charge in [-0.15, -0.1) is 6.42 Å². The molecule has 17 heavy (non-hydrogen) atoms. The Balaban J connectivity index is 2.75. The molecule has 0 bridgehead atoms. The van der Waals surface area contributed by atoms with Crippen LogP contribution in [0.1, 0.15) is 45.1 Å². The summed E-state index contributed by atoms with van der Waals surface area (Å²) in [4.78, 5) is 2.45. The molecular formula is C16H23N. The molecule has 1 nitrogen and oxygen atoms in total. The molecule has 1 aromatic carbocycles. The van der Waals surface area contributed by atoms with Crippen LogP contribution in [0.5, 0.6) is 0 Å². The maximum absolute atomic E-state index is 5.45. The van der Waals surface area contributed by atoms with Crippen molar-refractivity contribution in [3.8, 4) is 12.3 Å². The summed E-state index contributed by atoms with van der Waals surface area (Å²) in [5, 5.41) is 0. The third kappa shape index (κ3) is 4.53. The fraction of sp³-hybridized carbons (Fsp3) is 0.500. The standard InChI is InChI=1S/C16H23N/c1-4-7-12-17(13-8-5-2)16-11-9-10-15(6-3)14-16/h3,9-11,14H,4-5,7-8,12-13H2,1-2H3. The molecule has 0 atom stereocenters. The van der Waals surface area contributed by atoms with Gasteiger partial charge in [0.1, 0.15) is 0 Å². The summed E-state index contributed by atoms with van der Waals surface area (Å²) in [7, 11) is 0. The molecule has 1 rings (SSSR count). The number of nitrogens with zero attached hydrogens (tertiary/aromatic N) is 1. The Hall–Kier alpha value is -1.42. The van der Waals surface area contributed by atoms with Gasteiger partial charge in [-0.05, 0) is 31.0 Å². The lowest BCUT2D eigenvalue weighted by atomic mass is 10.1. The van der Waals surface area contributed by atoms with Gasteiger partial charge in [0.25, 0.3) is 0 Å². The Morgan fingerprint density at radius 3 is 2.29 bits per heavy atom. The Morgan fingerprint density at radius 2 is 1.76 bits per heavy atom. The number of unbranched alkanes of at least 4 members (excludes halogenated alkanes) is 2. The highest BCUT2D eigenvalue weighted by atomic mass is 15.1. The van der Waals surface area contributed by atoms with Crippen LogP contribution in [0, 0.1) is 12.3 Å². The molecule has 0 aromatic heterocycles. The Kier molecular flexibility index (Phi) is 6.25. The molecule has 1 heteroatoms. The molecule has 0 fully saturated rings. The lowest BCUT2D eigenvalue weighted by Gasteiger charge is -2.24. The van der Waals surface area contributed by atoms with E-state index in [1.54, 1.807) is 0 Å². The van der Waals surface area contributed by atoms with Gasteiger partial charge in [-0.3, -0.25) is 0 Å². The van der Waals surface area contributed by atoms with Crippen LogP contribution >= 0.6 is 0 Å². The second-order valence-corrected chi connectivity index (χ2v) is 4.39. The molecule has 0 N–H and O–H groups in total. The molecule has 0 saturated carbocycles. The minimum Gasteiger partial charge on any atom is -0.372 e. The Morgan fingerprint density at radius 1 is 1.12 bits per heavy atom. The minimum atomic E-state index is 0.973. The fourth-order valence-electron chi connectivity index (χ4n) is 1.86. The fourth-order valence-corrected chi connectivity index (χ4v) is 1.86. The third-order valence-electron chi connectivity index (χ3n) is 2.94. The predicted molar refractivity (Wildman–Crippen MR) is 76.4 cm³/mol. The minimum absolute atomic E-state index is 0.973. The van der Waals surface area contributed by atoms with E-state index in [0.29, 0.717) is 0 Å². The molecule has 92 valence electrons. The molecule has 0 amide bonds. The van der Waals surface area contributed by atoms with Gasteiger partial charge in [-0.2, -0.15) is 0 Å². The third-order valence-corrected chi connectivity index (χ3v) is 2.94. The number of benzene rings is 1. The molecule has 0 unspecified atom stereocenters. The van der Waals surface area contributed by atoms with Crippen molar-refractivity contribution in [3.63, 3.8) is 0 Å². The number of rotatable bonds is 7. The van der Waals surface area contributed by atoms with Crippen molar-refractivity contribution in [2.75, 3.05) is 18.0 Å². The van der Waals surface area contributed by atoms with E-state index in [-0.39, 0.29) is 0 Å². The zero-order valence-corrected chi connectivity index (χ0v) is 11.1. The van der Waals surface area contributed by atoms with Crippen molar-refractivity contribution in [1.29, 1.82) is 0 Å². The molecule has 0 radical (unpaired) electrons. The van der Waals surface area contributed by atoms with Crippen molar-refractivity contribution < 1.29 is 0 Å². The molecule has 0 aliphatic rings. The van der Waals surface area contributed by atoms with Gasteiger partial charge in [-0.1, -0.05) is 38.7 Å². The quantitative estimate of drug-likeness (QED) is 0.637. The average Bonchev–Trinajstić information content (AvgIpc) is 2.39. The highest BCUT2D eigenvalue weighted by molar-refractivity contribution is 5.52. The number of terminal acetylenes is 1. The smallest absolute Gasteiger partial charge is 0.0378 e. The van der Waals surface area contributed by atoms with E-state index >= 15 is 0 Å². The number of anilines is 1. The maximum atomic E-state index is 5.45.